The molecule has 0 saturated heterocycles. The fourth-order valence-electron chi connectivity index (χ4n) is 1.39. The van der Waals surface area contributed by atoms with E-state index in [4.69, 9.17) is 11.8 Å². The summed E-state index contributed by atoms with van der Waals surface area (Å²) in [5.74, 6) is 0. The van der Waals surface area contributed by atoms with Crippen LogP contribution in [0.1, 0.15) is 31.0 Å². The van der Waals surface area contributed by atoms with Crippen molar-refractivity contribution in [1.82, 2.24) is 4.42 Å². The summed E-state index contributed by atoms with van der Waals surface area (Å²) < 4.78 is 38.5. The molecule has 0 fully saturated rings. The van der Waals surface area contributed by atoms with Gasteiger partial charge in [0.15, 0.2) is 0 Å². The Kier molecular flexibility index (Phi) is 4.21. The Labute approximate surface area is 97.9 Å². The van der Waals surface area contributed by atoms with Gasteiger partial charge >= 0.3 is 6.18 Å². The lowest BCUT2D eigenvalue weighted by Crippen LogP contribution is -2.16. The van der Waals surface area contributed by atoms with Gasteiger partial charge in [-0.3, -0.25) is 0 Å². The predicted molar refractivity (Wildman–Crippen MR) is 58.1 cm³/mol. The molecular weight excluding hydrogens is 239 g/mol. The Hall–Kier alpha value is -0.740. The molecule has 0 N–H and O–H groups in total. The van der Waals surface area contributed by atoms with E-state index in [-0.39, 0.29) is 6.04 Å². The van der Waals surface area contributed by atoms with Crippen molar-refractivity contribution in [3.8, 4) is 0 Å². The summed E-state index contributed by atoms with van der Waals surface area (Å²) in [6.45, 7) is 4.36. The van der Waals surface area contributed by atoms with Crippen molar-refractivity contribution < 1.29 is 13.2 Å². The maximum atomic E-state index is 12.3. The van der Waals surface area contributed by atoms with Gasteiger partial charge in [-0.1, -0.05) is 19.1 Å². The van der Waals surface area contributed by atoms with Gasteiger partial charge in [-0.25, -0.2) is 4.42 Å². The highest BCUT2D eigenvalue weighted by atomic mass is 35.5. The second kappa shape index (κ2) is 5.06. The smallest absolute Gasteiger partial charge is 0.213 e. The van der Waals surface area contributed by atoms with Crippen LogP contribution >= 0.6 is 11.8 Å². The third kappa shape index (κ3) is 3.12. The van der Waals surface area contributed by atoms with Crippen LogP contribution in [0.3, 0.4) is 0 Å². The molecule has 1 atom stereocenters. The summed E-state index contributed by atoms with van der Waals surface area (Å²) in [5.41, 5.74) is 0.130. The molecule has 0 spiro atoms. The van der Waals surface area contributed by atoms with Gasteiger partial charge in [0.05, 0.1) is 5.56 Å². The molecule has 16 heavy (non-hydrogen) atoms. The lowest BCUT2D eigenvalue weighted by atomic mass is 10.1. The summed E-state index contributed by atoms with van der Waals surface area (Å²) in [6.07, 6.45) is -4.28. The van der Waals surface area contributed by atoms with Crippen molar-refractivity contribution in [1.29, 1.82) is 0 Å². The molecule has 0 saturated carbocycles. The molecule has 1 aromatic carbocycles. The molecule has 0 bridgehead atoms. The zero-order valence-corrected chi connectivity index (χ0v) is 9.81. The second-order valence-electron chi connectivity index (χ2n) is 3.51. The average Bonchev–Trinajstić information content (AvgIpc) is 2.26. The van der Waals surface area contributed by atoms with Crippen LogP contribution in [0, 0.1) is 0 Å². The summed E-state index contributed by atoms with van der Waals surface area (Å²) in [6, 6.07) is 4.96. The third-order valence-corrected chi connectivity index (χ3v) is 2.97. The van der Waals surface area contributed by atoms with Crippen LogP contribution in [0.4, 0.5) is 13.2 Å². The molecule has 0 aromatic heterocycles. The Morgan fingerprint density at radius 2 is 1.75 bits per heavy atom. The standard InChI is InChI=1S/C11H13ClF3N/c1-3-16(12)8(2)9-4-6-10(7-5-9)11(13,14)15/h4-8H,3H2,1-2H3/t8-/m1/s1. The minimum atomic E-state index is -4.28. The molecule has 0 aliphatic carbocycles. The summed E-state index contributed by atoms with van der Waals surface area (Å²) in [5, 5.41) is 0. The summed E-state index contributed by atoms with van der Waals surface area (Å²) >= 11 is 5.89. The first kappa shape index (κ1) is 13.3. The van der Waals surface area contributed by atoms with Crippen molar-refractivity contribution >= 4 is 11.8 Å². The Morgan fingerprint density at radius 1 is 1.25 bits per heavy atom. The molecule has 0 amide bonds. The van der Waals surface area contributed by atoms with E-state index in [0.29, 0.717) is 6.54 Å². The Bertz CT molecular complexity index is 334. The lowest BCUT2D eigenvalue weighted by molar-refractivity contribution is -0.137. The average molecular weight is 252 g/mol. The van der Waals surface area contributed by atoms with E-state index in [1.54, 1.807) is 4.42 Å². The normalized spacial score (nSPS) is 14.2. The maximum Gasteiger partial charge on any atom is 0.416 e. The SMILES string of the molecule is CCN(Cl)[C@H](C)c1ccc(C(F)(F)F)cc1. The van der Waals surface area contributed by atoms with Crippen molar-refractivity contribution in [3.63, 3.8) is 0 Å². The minimum Gasteiger partial charge on any atom is -0.213 e. The van der Waals surface area contributed by atoms with Crippen molar-refractivity contribution in [2.24, 2.45) is 0 Å². The highest BCUT2D eigenvalue weighted by Crippen LogP contribution is 2.30. The van der Waals surface area contributed by atoms with Gasteiger partial charge < -0.3 is 0 Å². The van der Waals surface area contributed by atoms with Crippen LogP contribution in [-0.4, -0.2) is 11.0 Å². The summed E-state index contributed by atoms with van der Waals surface area (Å²) in [4.78, 5) is 0. The van der Waals surface area contributed by atoms with E-state index >= 15 is 0 Å². The van der Waals surface area contributed by atoms with Crippen LogP contribution in [0.25, 0.3) is 0 Å². The number of halogens is 4. The first-order valence-electron chi connectivity index (χ1n) is 4.95. The minimum absolute atomic E-state index is 0.103. The number of alkyl halides is 3. The fraction of sp³-hybridized carbons (Fsp3) is 0.455. The lowest BCUT2D eigenvalue weighted by Gasteiger charge is -2.20. The monoisotopic (exact) mass is 251 g/mol. The second-order valence-corrected chi connectivity index (χ2v) is 3.95. The largest absolute Gasteiger partial charge is 0.416 e. The molecule has 0 aliphatic heterocycles. The molecule has 0 radical (unpaired) electrons. The van der Waals surface area contributed by atoms with Gasteiger partial charge in [-0.15, -0.1) is 0 Å². The van der Waals surface area contributed by atoms with Gasteiger partial charge in [0.2, 0.25) is 0 Å². The van der Waals surface area contributed by atoms with Gasteiger partial charge in [-0.2, -0.15) is 13.2 Å². The van der Waals surface area contributed by atoms with E-state index in [9.17, 15) is 13.2 Å². The third-order valence-electron chi connectivity index (χ3n) is 2.44. The van der Waals surface area contributed by atoms with E-state index in [0.717, 1.165) is 17.7 Å². The quantitative estimate of drug-likeness (QED) is 0.726. The van der Waals surface area contributed by atoms with Gasteiger partial charge in [0.1, 0.15) is 0 Å². The molecule has 0 heterocycles. The van der Waals surface area contributed by atoms with E-state index < -0.39 is 11.7 Å². The van der Waals surface area contributed by atoms with Crippen LogP contribution in [0.5, 0.6) is 0 Å². The van der Waals surface area contributed by atoms with Crippen LogP contribution in [0.15, 0.2) is 24.3 Å². The highest BCUT2D eigenvalue weighted by molar-refractivity contribution is 6.13. The van der Waals surface area contributed by atoms with Gasteiger partial charge in [-0.05, 0) is 36.4 Å². The first-order valence-corrected chi connectivity index (χ1v) is 5.29. The molecule has 1 nitrogen and oxygen atoms in total. The van der Waals surface area contributed by atoms with E-state index in [2.05, 4.69) is 0 Å². The van der Waals surface area contributed by atoms with Crippen LogP contribution in [0.2, 0.25) is 0 Å². The molecule has 90 valence electrons. The molecular formula is C11H13ClF3N. The molecule has 5 heteroatoms. The molecule has 0 unspecified atom stereocenters. The topological polar surface area (TPSA) is 3.24 Å². The highest BCUT2D eigenvalue weighted by Gasteiger charge is 2.30. The van der Waals surface area contributed by atoms with E-state index in [1.165, 1.54) is 12.1 Å². The molecule has 1 aromatic rings. The van der Waals surface area contributed by atoms with Crippen LogP contribution in [-0.2, 0) is 6.18 Å². The van der Waals surface area contributed by atoms with E-state index in [1.807, 2.05) is 13.8 Å². The van der Waals surface area contributed by atoms with Crippen molar-refractivity contribution in [2.45, 2.75) is 26.1 Å². The molecule has 0 aliphatic rings. The van der Waals surface area contributed by atoms with Crippen LogP contribution < -0.4 is 0 Å². The first-order chi connectivity index (χ1) is 7.36. The van der Waals surface area contributed by atoms with Crippen molar-refractivity contribution in [3.05, 3.63) is 35.4 Å². The Balaban J connectivity index is 2.87. The number of nitrogens with zero attached hydrogens (tertiary/aromatic N) is 1. The zero-order valence-electron chi connectivity index (χ0n) is 9.05. The number of hydrogen-bond donors (Lipinski definition) is 0. The summed E-state index contributed by atoms with van der Waals surface area (Å²) in [7, 11) is 0. The zero-order chi connectivity index (χ0) is 12.3. The molecule has 1 rings (SSSR count). The predicted octanol–water partition coefficient (Wildman–Crippen LogP) is 4.24. The van der Waals surface area contributed by atoms with Crippen molar-refractivity contribution in [2.75, 3.05) is 6.54 Å². The Morgan fingerprint density at radius 3 is 2.12 bits per heavy atom. The van der Waals surface area contributed by atoms with Gasteiger partial charge in [0, 0.05) is 12.6 Å². The number of rotatable bonds is 3. The fourth-order valence-corrected chi connectivity index (χ4v) is 1.50. The maximum absolute atomic E-state index is 12.3. The number of benzene rings is 1. The van der Waals surface area contributed by atoms with Gasteiger partial charge in [0.25, 0.3) is 0 Å². The number of hydrogen-bond acceptors (Lipinski definition) is 1.